The summed E-state index contributed by atoms with van der Waals surface area (Å²) in [6.45, 7) is 7.43. The van der Waals surface area contributed by atoms with Gasteiger partial charge in [-0.25, -0.2) is 0 Å². The zero-order valence-corrected chi connectivity index (χ0v) is 11.1. The van der Waals surface area contributed by atoms with Gasteiger partial charge in [-0.1, -0.05) is 0 Å². The highest BCUT2D eigenvalue weighted by atomic mass is 16.5. The Bertz CT molecular complexity index is 213. The number of nitrogens with one attached hydrogen (secondary N) is 2. The second-order valence-electron chi connectivity index (χ2n) is 5.02. The van der Waals surface area contributed by atoms with Crippen LogP contribution in [0.25, 0.3) is 0 Å². The molecule has 1 amide bonds. The standard InChI is InChI=1S/C13H26N2O2/c1-11(2)17-9-8-15-13(16)6-5-12-4-3-7-14-10-12/h11-12,14H,3-10H2,1-2H3,(H,15,16). The number of hydrogen-bond donors (Lipinski definition) is 2. The van der Waals surface area contributed by atoms with Gasteiger partial charge >= 0.3 is 0 Å². The fourth-order valence-electron chi connectivity index (χ4n) is 2.08. The molecule has 0 spiro atoms. The number of carbonyl (C=O) groups is 1. The highest BCUT2D eigenvalue weighted by Gasteiger charge is 2.14. The van der Waals surface area contributed by atoms with Crippen molar-refractivity contribution in [2.24, 2.45) is 5.92 Å². The highest BCUT2D eigenvalue weighted by Crippen LogP contribution is 2.15. The van der Waals surface area contributed by atoms with Crippen molar-refractivity contribution in [3.05, 3.63) is 0 Å². The minimum Gasteiger partial charge on any atom is -0.377 e. The maximum atomic E-state index is 11.5. The normalized spacial score (nSPS) is 20.5. The van der Waals surface area contributed by atoms with Gasteiger partial charge in [-0.2, -0.15) is 0 Å². The molecule has 0 bridgehead atoms. The summed E-state index contributed by atoms with van der Waals surface area (Å²) < 4.78 is 5.36. The molecule has 0 aliphatic carbocycles. The lowest BCUT2D eigenvalue weighted by atomic mass is 9.94. The third-order valence-electron chi connectivity index (χ3n) is 3.05. The molecule has 17 heavy (non-hydrogen) atoms. The van der Waals surface area contributed by atoms with Gasteiger partial charge in [-0.3, -0.25) is 4.79 Å². The molecule has 1 aliphatic heterocycles. The van der Waals surface area contributed by atoms with E-state index >= 15 is 0 Å². The Labute approximate surface area is 104 Å². The lowest BCUT2D eigenvalue weighted by Crippen LogP contribution is -2.32. The second kappa shape index (κ2) is 8.48. The fourth-order valence-corrected chi connectivity index (χ4v) is 2.08. The topological polar surface area (TPSA) is 50.4 Å². The number of piperidine rings is 1. The zero-order chi connectivity index (χ0) is 12.5. The second-order valence-corrected chi connectivity index (χ2v) is 5.02. The van der Waals surface area contributed by atoms with Gasteiger partial charge in [0.1, 0.15) is 0 Å². The number of amides is 1. The van der Waals surface area contributed by atoms with E-state index < -0.39 is 0 Å². The van der Waals surface area contributed by atoms with Crippen LogP contribution in [0.2, 0.25) is 0 Å². The van der Waals surface area contributed by atoms with Crippen molar-refractivity contribution in [2.75, 3.05) is 26.2 Å². The van der Waals surface area contributed by atoms with Gasteiger partial charge in [0.2, 0.25) is 5.91 Å². The van der Waals surface area contributed by atoms with E-state index in [0.717, 1.165) is 19.5 Å². The molecule has 1 saturated heterocycles. The number of ether oxygens (including phenoxy) is 1. The Morgan fingerprint density at radius 1 is 1.53 bits per heavy atom. The van der Waals surface area contributed by atoms with Crippen molar-refractivity contribution in [3.63, 3.8) is 0 Å². The zero-order valence-electron chi connectivity index (χ0n) is 11.1. The van der Waals surface area contributed by atoms with Gasteiger partial charge in [-0.15, -0.1) is 0 Å². The van der Waals surface area contributed by atoms with E-state index in [9.17, 15) is 4.79 Å². The van der Waals surface area contributed by atoms with Gasteiger partial charge in [0.15, 0.2) is 0 Å². The van der Waals surface area contributed by atoms with Crippen LogP contribution in [-0.4, -0.2) is 38.3 Å². The molecule has 100 valence electrons. The maximum absolute atomic E-state index is 11.5. The van der Waals surface area contributed by atoms with Crippen molar-refractivity contribution in [3.8, 4) is 0 Å². The van der Waals surface area contributed by atoms with E-state index in [0.29, 0.717) is 25.5 Å². The van der Waals surface area contributed by atoms with Crippen LogP contribution in [0, 0.1) is 5.92 Å². The van der Waals surface area contributed by atoms with Crippen LogP contribution in [0.1, 0.15) is 39.5 Å². The fraction of sp³-hybridized carbons (Fsp3) is 0.923. The monoisotopic (exact) mass is 242 g/mol. The number of hydrogen-bond acceptors (Lipinski definition) is 3. The summed E-state index contributed by atoms with van der Waals surface area (Å²) in [5, 5.41) is 6.26. The number of carbonyl (C=O) groups excluding carboxylic acids is 1. The maximum Gasteiger partial charge on any atom is 0.220 e. The van der Waals surface area contributed by atoms with E-state index in [-0.39, 0.29) is 12.0 Å². The van der Waals surface area contributed by atoms with Crippen molar-refractivity contribution in [1.82, 2.24) is 10.6 Å². The van der Waals surface area contributed by atoms with Crippen molar-refractivity contribution >= 4 is 5.91 Å². The van der Waals surface area contributed by atoms with Gasteiger partial charge in [0.05, 0.1) is 12.7 Å². The molecule has 4 nitrogen and oxygen atoms in total. The first-order valence-corrected chi connectivity index (χ1v) is 6.77. The van der Waals surface area contributed by atoms with Gasteiger partial charge in [0, 0.05) is 13.0 Å². The molecule has 1 atom stereocenters. The Balaban J connectivity index is 1.96. The summed E-state index contributed by atoms with van der Waals surface area (Å²) in [6.07, 6.45) is 4.39. The minimum atomic E-state index is 0.155. The quantitative estimate of drug-likeness (QED) is 0.662. The van der Waals surface area contributed by atoms with Crippen LogP contribution in [0.5, 0.6) is 0 Å². The minimum absolute atomic E-state index is 0.155. The van der Waals surface area contributed by atoms with Crippen LogP contribution < -0.4 is 10.6 Å². The Hall–Kier alpha value is -0.610. The summed E-state index contributed by atoms with van der Waals surface area (Å²) in [4.78, 5) is 11.5. The Kier molecular flexibility index (Phi) is 7.21. The highest BCUT2D eigenvalue weighted by molar-refractivity contribution is 5.75. The molecule has 0 saturated carbocycles. The number of rotatable bonds is 7. The predicted molar refractivity (Wildman–Crippen MR) is 68.9 cm³/mol. The molecule has 4 heteroatoms. The molecule has 0 aromatic rings. The molecule has 1 rings (SSSR count). The van der Waals surface area contributed by atoms with Crippen LogP contribution in [-0.2, 0) is 9.53 Å². The third kappa shape index (κ3) is 7.34. The molecule has 1 heterocycles. The molecule has 0 aromatic heterocycles. The average Bonchev–Trinajstić information content (AvgIpc) is 2.33. The third-order valence-corrected chi connectivity index (χ3v) is 3.05. The molecule has 1 aliphatic rings. The molecule has 0 radical (unpaired) electrons. The molecule has 1 unspecified atom stereocenters. The Morgan fingerprint density at radius 2 is 2.35 bits per heavy atom. The molecular formula is C13H26N2O2. The molecular weight excluding hydrogens is 216 g/mol. The summed E-state index contributed by atoms with van der Waals surface area (Å²) >= 11 is 0. The predicted octanol–water partition coefficient (Wildman–Crippen LogP) is 1.31. The molecule has 1 fully saturated rings. The first kappa shape index (κ1) is 14.5. The molecule has 2 N–H and O–H groups in total. The summed E-state index contributed by atoms with van der Waals surface area (Å²) in [5.74, 6) is 0.837. The van der Waals surface area contributed by atoms with Gasteiger partial charge in [0.25, 0.3) is 0 Å². The van der Waals surface area contributed by atoms with Crippen molar-refractivity contribution < 1.29 is 9.53 Å². The molecule has 0 aromatic carbocycles. The van der Waals surface area contributed by atoms with E-state index in [2.05, 4.69) is 10.6 Å². The SMILES string of the molecule is CC(C)OCCNC(=O)CCC1CCCNC1. The summed E-state index contributed by atoms with van der Waals surface area (Å²) in [5.41, 5.74) is 0. The smallest absolute Gasteiger partial charge is 0.220 e. The van der Waals surface area contributed by atoms with Crippen LogP contribution in [0.4, 0.5) is 0 Å². The van der Waals surface area contributed by atoms with Crippen molar-refractivity contribution in [1.29, 1.82) is 0 Å². The van der Waals surface area contributed by atoms with E-state index in [1.165, 1.54) is 12.8 Å². The summed E-state index contributed by atoms with van der Waals surface area (Å²) in [6, 6.07) is 0. The van der Waals surface area contributed by atoms with E-state index in [1.54, 1.807) is 0 Å². The average molecular weight is 242 g/mol. The summed E-state index contributed by atoms with van der Waals surface area (Å²) in [7, 11) is 0. The van der Waals surface area contributed by atoms with E-state index in [1.807, 2.05) is 13.8 Å². The largest absolute Gasteiger partial charge is 0.377 e. The van der Waals surface area contributed by atoms with Gasteiger partial charge < -0.3 is 15.4 Å². The van der Waals surface area contributed by atoms with E-state index in [4.69, 9.17) is 4.74 Å². The Morgan fingerprint density at radius 3 is 3.00 bits per heavy atom. The van der Waals surface area contributed by atoms with Crippen molar-refractivity contribution in [2.45, 2.75) is 45.6 Å². The van der Waals surface area contributed by atoms with Gasteiger partial charge in [-0.05, 0) is 52.1 Å². The van der Waals surface area contributed by atoms with Crippen LogP contribution in [0.3, 0.4) is 0 Å². The van der Waals surface area contributed by atoms with Crippen LogP contribution in [0.15, 0.2) is 0 Å². The lowest BCUT2D eigenvalue weighted by Gasteiger charge is -2.22. The first-order valence-electron chi connectivity index (χ1n) is 6.77. The lowest BCUT2D eigenvalue weighted by molar-refractivity contribution is -0.121. The van der Waals surface area contributed by atoms with Crippen LogP contribution >= 0.6 is 0 Å². The first-order chi connectivity index (χ1) is 8.18.